The van der Waals surface area contributed by atoms with Crippen molar-refractivity contribution in [3.8, 4) is 0 Å². The standard InChI is InChI=1S/C9H15N3OS/c1-6-11-12-9(14-6)10-8-4-2-3-7(8)5-13/h7-8,13H,2-5H2,1H3,(H,10,12). The van der Waals surface area contributed by atoms with E-state index in [1.54, 1.807) is 11.3 Å². The minimum atomic E-state index is 0.273. The van der Waals surface area contributed by atoms with Crippen molar-refractivity contribution in [3.05, 3.63) is 5.01 Å². The summed E-state index contributed by atoms with van der Waals surface area (Å²) in [5, 5.41) is 22.3. The van der Waals surface area contributed by atoms with Crippen molar-refractivity contribution < 1.29 is 5.11 Å². The molecule has 1 aliphatic rings. The van der Waals surface area contributed by atoms with E-state index >= 15 is 0 Å². The van der Waals surface area contributed by atoms with E-state index in [0.717, 1.165) is 23.0 Å². The van der Waals surface area contributed by atoms with E-state index in [2.05, 4.69) is 15.5 Å². The average molecular weight is 213 g/mol. The van der Waals surface area contributed by atoms with Crippen molar-refractivity contribution in [2.45, 2.75) is 32.2 Å². The molecule has 1 fully saturated rings. The summed E-state index contributed by atoms with van der Waals surface area (Å²) >= 11 is 1.57. The van der Waals surface area contributed by atoms with E-state index in [9.17, 15) is 0 Å². The number of hydrogen-bond donors (Lipinski definition) is 2. The Labute approximate surface area is 87.4 Å². The Morgan fingerprint density at radius 2 is 2.36 bits per heavy atom. The lowest BCUT2D eigenvalue weighted by Crippen LogP contribution is -2.26. The summed E-state index contributed by atoms with van der Waals surface area (Å²) in [5.74, 6) is 0.388. The van der Waals surface area contributed by atoms with Gasteiger partial charge in [-0.15, -0.1) is 10.2 Å². The van der Waals surface area contributed by atoms with E-state index in [4.69, 9.17) is 5.11 Å². The number of aliphatic hydroxyl groups is 1. The number of nitrogens with one attached hydrogen (secondary N) is 1. The first-order chi connectivity index (χ1) is 6.79. The summed E-state index contributed by atoms with van der Waals surface area (Å²) in [7, 11) is 0. The second kappa shape index (κ2) is 4.23. The first-order valence-corrected chi connectivity index (χ1v) is 5.78. The van der Waals surface area contributed by atoms with Gasteiger partial charge in [0, 0.05) is 18.6 Å². The van der Waals surface area contributed by atoms with Gasteiger partial charge >= 0.3 is 0 Å². The molecule has 5 heteroatoms. The highest BCUT2D eigenvalue weighted by Gasteiger charge is 2.27. The lowest BCUT2D eigenvalue weighted by atomic mass is 10.1. The van der Waals surface area contributed by atoms with Crippen molar-refractivity contribution in [2.24, 2.45) is 5.92 Å². The maximum absolute atomic E-state index is 9.15. The monoisotopic (exact) mass is 213 g/mol. The van der Waals surface area contributed by atoms with E-state index in [1.165, 1.54) is 6.42 Å². The molecule has 1 heterocycles. The summed E-state index contributed by atoms with van der Waals surface area (Å²) in [6.07, 6.45) is 3.44. The van der Waals surface area contributed by atoms with E-state index in [-0.39, 0.29) is 6.61 Å². The Balaban J connectivity index is 1.96. The molecule has 1 aliphatic carbocycles. The number of aliphatic hydroxyl groups excluding tert-OH is 1. The zero-order valence-corrected chi connectivity index (χ0v) is 9.05. The molecule has 0 amide bonds. The van der Waals surface area contributed by atoms with Gasteiger partial charge in [-0.3, -0.25) is 0 Å². The van der Waals surface area contributed by atoms with Crippen LogP contribution in [0.15, 0.2) is 0 Å². The Kier molecular flexibility index (Phi) is 2.98. The minimum absolute atomic E-state index is 0.273. The fraction of sp³-hybridized carbons (Fsp3) is 0.778. The van der Waals surface area contributed by atoms with E-state index in [1.807, 2.05) is 6.92 Å². The third-order valence-corrected chi connectivity index (χ3v) is 3.50. The topological polar surface area (TPSA) is 58.0 Å². The van der Waals surface area contributed by atoms with Crippen LogP contribution in [0.4, 0.5) is 5.13 Å². The number of rotatable bonds is 3. The van der Waals surface area contributed by atoms with Crippen molar-refractivity contribution in [2.75, 3.05) is 11.9 Å². The van der Waals surface area contributed by atoms with Crippen LogP contribution in [0.1, 0.15) is 24.3 Å². The first-order valence-electron chi connectivity index (χ1n) is 4.97. The molecular formula is C9H15N3OS. The molecule has 2 N–H and O–H groups in total. The van der Waals surface area contributed by atoms with Crippen molar-refractivity contribution in [1.29, 1.82) is 0 Å². The van der Waals surface area contributed by atoms with Crippen LogP contribution in [0.25, 0.3) is 0 Å². The number of hydrogen-bond acceptors (Lipinski definition) is 5. The fourth-order valence-electron chi connectivity index (χ4n) is 1.96. The van der Waals surface area contributed by atoms with Crippen LogP contribution in [-0.2, 0) is 0 Å². The highest BCUT2D eigenvalue weighted by Crippen LogP contribution is 2.28. The highest BCUT2D eigenvalue weighted by molar-refractivity contribution is 7.15. The smallest absolute Gasteiger partial charge is 0.205 e. The Hall–Kier alpha value is -0.680. The first kappa shape index (κ1) is 9.86. The third kappa shape index (κ3) is 2.04. The zero-order chi connectivity index (χ0) is 9.97. The number of aryl methyl sites for hydroxylation is 1. The summed E-state index contributed by atoms with van der Waals surface area (Å²) in [6.45, 7) is 2.22. The molecule has 78 valence electrons. The van der Waals surface area contributed by atoms with Gasteiger partial charge in [-0.25, -0.2) is 0 Å². The minimum Gasteiger partial charge on any atom is -0.396 e. The maximum atomic E-state index is 9.15. The molecule has 2 rings (SSSR count). The van der Waals surface area contributed by atoms with Gasteiger partial charge < -0.3 is 10.4 Å². The maximum Gasteiger partial charge on any atom is 0.205 e. The van der Waals surface area contributed by atoms with E-state index < -0.39 is 0 Å². The molecule has 14 heavy (non-hydrogen) atoms. The molecule has 2 atom stereocenters. The van der Waals surface area contributed by atoms with Gasteiger partial charge in [-0.2, -0.15) is 0 Å². The van der Waals surface area contributed by atoms with Crippen LogP contribution in [-0.4, -0.2) is 28.0 Å². The molecule has 0 bridgehead atoms. The fourth-order valence-corrected chi connectivity index (χ4v) is 2.61. The lowest BCUT2D eigenvalue weighted by Gasteiger charge is -2.17. The summed E-state index contributed by atoms with van der Waals surface area (Å²) in [4.78, 5) is 0. The summed E-state index contributed by atoms with van der Waals surface area (Å²) in [6, 6.07) is 0.382. The van der Waals surface area contributed by atoms with Gasteiger partial charge in [0.2, 0.25) is 5.13 Å². The molecule has 1 aromatic rings. The van der Waals surface area contributed by atoms with Crippen LogP contribution in [0, 0.1) is 12.8 Å². The zero-order valence-electron chi connectivity index (χ0n) is 8.23. The normalized spacial score (nSPS) is 26.7. The number of anilines is 1. The third-order valence-electron chi connectivity index (χ3n) is 2.73. The lowest BCUT2D eigenvalue weighted by molar-refractivity contribution is 0.222. The molecule has 4 nitrogen and oxygen atoms in total. The molecule has 1 aromatic heterocycles. The van der Waals surface area contributed by atoms with Gasteiger partial charge in [0.05, 0.1) is 0 Å². The van der Waals surface area contributed by atoms with Crippen LogP contribution < -0.4 is 5.32 Å². The molecule has 2 unspecified atom stereocenters. The number of nitrogens with zero attached hydrogens (tertiary/aromatic N) is 2. The van der Waals surface area contributed by atoms with Crippen molar-refractivity contribution >= 4 is 16.5 Å². The predicted molar refractivity (Wildman–Crippen MR) is 56.5 cm³/mol. The largest absolute Gasteiger partial charge is 0.396 e. The van der Waals surface area contributed by atoms with Gasteiger partial charge in [0.1, 0.15) is 5.01 Å². The van der Waals surface area contributed by atoms with Crippen LogP contribution in [0.2, 0.25) is 0 Å². The van der Waals surface area contributed by atoms with Crippen LogP contribution in [0.5, 0.6) is 0 Å². The predicted octanol–water partition coefficient (Wildman–Crippen LogP) is 1.42. The SMILES string of the molecule is Cc1nnc(NC2CCCC2CO)s1. The molecule has 0 spiro atoms. The second-order valence-corrected chi connectivity index (χ2v) is 4.93. The molecule has 0 aliphatic heterocycles. The summed E-state index contributed by atoms with van der Waals surface area (Å²) < 4.78 is 0. The highest BCUT2D eigenvalue weighted by atomic mass is 32.1. The molecule has 1 saturated carbocycles. The van der Waals surface area contributed by atoms with Gasteiger partial charge in [0.25, 0.3) is 0 Å². The van der Waals surface area contributed by atoms with Gasteiger partial charge in [-0.1, -0.05) is 17.8 Å². The molecule has 0 radical (unpaired) electrons. The summed E-state index contributed by atoms with van der Waals surface area (Å²) in [5.41, 5.74) is 0. The van der Waals surface area contributed by atoms with Crippen LogP contribution >= 0.6 is 11.3 Å². The second-order valence-electron chi connectivity index (χ2n) is 3.75. The number of aromatic nitrogens is 2. The molecule has 0 saturated heterocycles. The molecule has 0 aromatic carbocycles. The van der Waals surface area contributed by atoms with Crippen LogP contribution in [0.3, 0.4) is 0 Å². The van der Waals surface area contributed by atoms with Gasteiger partial charge in [-0.05, 0) is 19.8 Å². The van der Waals surface area contributed by atoms with Crippen molar-refractivity contribution in [1.82, 2.24) is 10.2 Å². The van der Waals surface area contributed by atoms with Gasteiger partial charge in [0.15, 0.2) is 0 Å². The quantitative estimate of drug-likeness (QED) is 0.797. The van der Waals surface area contributed by atoms with Crippen molar-refractivity contribution in [3.63, 3.8) is 0 Å². The Morgan fingerprint density at radius 3 is 3.00 bits per heavy atom. The Morgan fingerprint density at radius 1 is 1.50 bits per heavy atom. The molecular weight excluding hydrogens is 198 g/mol. The van der Waals surface area contributed by atoms with E-state index in [0.29, 0.717) is 12.0 Å². The average Bonchev–Trinajstić information content (AvgIpc) is 2.76. The Bertz CT molecular complexity index is 302.